The van der Waals surface area contributed by atoms with Crippen LogP contribution in [0, 0.1) is 6.92 Å². The molecule has 0 radical (unpaired) electrons. The molecule has 1 aliphatic rings. The Labute approximate surface area is 164 Å². The van der Waals surface area contributed by atoms with Crippen molar-refractivity contribution in [2.45, 2.75) is 25.9 Å². The molecule has 1 atom stereocenters. The molecule has 8 nitrogen and oxygen atoms in total. The van der Waals surface area contributed by atoms with Crippen LogP contribution < -0.4 is 5.32 Å². The molecule has 28 heavy (non-hydrogen) atoms. The van der Waals surface area contributed by atoms with Gasteiger partial charge in [0.1, 0.15) is 11.8 Å². The van der Waals surface area contributed by atoms with Crippen LogP contribution in [-0.2, 0) is 9.53 Å². The van der Waals surface area contributed by atoms with Crippen molar-refractivity contribution >= 4 is 27.9 Å². The van der Waals surface area contributed by atoms with Gasteiger partial charge < -0.3 is 14.6 Å². The van der Waals surface area contributed by atoms with E-state index < -0.39 is 0 Å². The molecule has 4 heterocycles. The zero-order valence-corrected chi connectivity index (χ0v) is 15.9. The number of nitrogens with zero attached hydrogens (tertiary/aromatic N) is 4. The van der Waals surface area contributed by atoms with Gasteiger partial charge in [-0.15, -0.1) is 11.3 Å². The van der Waals surface area contributed by atoms with Gasteiger partial charge in [-0.3, -0.25) is 9.20 Å². The number of aromatic nitrogens is 4. The van der Waals surface area contributed by atoms with Crippen LogP contribution in [0.25, 0.3) is 27.9 Å². The summed E-state index contributed by atoms with van der Waals surface area (Å²) in [5.74, 6) is 0.732. The number of carbonyl (C=O) groups excluding carboxylic acids is 1. The van der Waals surface area contributed by atoms with Crippen LogP contribution in [-0.4, -0.2) is 38.1 Å². The number of hydrogen-bond donors (Lipinski definition) is 1. The Kier molecular flexibility index (Phi) is 4.18. The average molecular weight is 395 g/mol. The topological polar surface area (TPSA) is 94.6 Å². The Bertz CT molecular complexity index is 1160. The molecule has 1 N–H and O–H groups in total. The largest absolute Gasteiger partial charge is 0.368 e. The summed E-state index contributed by atoms with van der Waals surface area (Å²) in [7, 11) is 0. The standard InChI is InChI=1S/C19H17N5O3S/c1-11-15(24-7-9-28-19(24)20-11)16-22-18(27-23-16)12-4-2-5-13(10-12)21-17(25)14-6-3-8-26-14/h2,4-5,7,9-10,14H,3,6,8H2,1H3,(H,21,25). The highest BCUT2D eigenvalue weighted by molar-refractivity contribution is 7.15. The minimum atomic E-state index is -0.378. The summed E-state index contributed by atoms with van der Waals surface area (Å²) in [4.78, 5) is 22.2. The van der Waals surface area contributed by atoms with Gasteiger partial charge in [-0.05, 0) is 38.0 Å². The van der Waals surface area contributed by atoms with Crippen molar-refractivity contribution in [1.29, 1.82) is 0 Å². The van der Waals surface area contributed by atoms with Crippen molar-refractivity contribution in [3.8, 4) is 23.0 Å². The van der Waals surface area contributed by atoms with E-state index >= 15 is 0 Å². The van der Waals surface area contributed by atoms with Crippen LogP contribution in [0.4, 0.5) is 5.69 Å². The number of rotatable bonds is 4. The zero-order valence-electron chi connectivity index (χ0n) is 15.1. The molecule has 0 saturated carbocycles. The highest BCUT2D eigenvalue weighted by Crippen LogP contribution is 2.28. The molecule has 1 aliphatic heterocycles. The van der Waals surface area contributed by atoms with E-state index in [1.807, 2.05) is 47.2 Å². The first-order chi connectivity index (χ1) is 13.7. The predicted octanol–water partition coefficient (Wildman–Crippen LogP) is 3.54. The third-order valence-electron chi connectivity index (χ3n) is 4.67. The number of anilines is 1. The molecule has 142 valence electrons. The van der Waals surface area contributed by atoms with Crippen molar-refractivity contribution < 1.29 is 14.1 Å². The van der Waals surface area contributed by atoms with E-state index in [0.29, 0.717) is 24.0 Å². The Morgan fingerprint density at radius 1 is 1.36 bits per heavy atom. The van der Waals surface area contributed by atoms with Gasteiger partial charge in [-0.25, -0.2) is 4.98 Å². The lowest BCUT2D eigenvalue weighted by molar-refractivity contribution is -0.124. The zero-order chi connectivity index (χ0) is 19.1. The molecule has 9 heteroatoms. The first-order valence-electron chi connectivity index (χ1n) is 8.98. The van der Waals surface area contributed by atoms with Gasteiger partial charge >= 0.3 is 0 Å². The molecular weight excluding hydrogens is 378 g/mol. The van der Waals surface area contributed by atoms with E-state index in [9.17, 15) is 4.79 Å². The Morgan fingerprint density at radius 3 is 3.14 bits per heavy atom. The van der Waals surface area contributed by atoms with Crippen molar-refractivity contribution in [3.63, 3.8) is 0 Å². The number of fused-ring (bicyclic) bond motifs is 1. The monoisotopic (exact) mass is 395 g/mol. The molecule has 4 aromatic rings. The van der Waals surface area contributed by atoms with Crippen LogP contribution in [0.15, 0.2) is 40.4 Å². The maximum Gasteiger partial charge on any atom is 0.258 e. The third kappa shape index (κ3) is 2.98. The second-order valence-corrected chi connectivity index (χ2v) is 7.47. The molecule has 0 spiro atoms. The Hall–Kier alpha value is -3.04. The predicted molar refractivity (Wildman–Crippen MR) is 104 cm³/mol. The third-order valence-corrected chi connectivity index (χ3v) is 5.43. The second-order valence-electron chi connectivity index (χ2n) is 6.60. The second kappa shape index (κ2) is 6.84. The van der Waals surface area contributed by atoms with Crippen LogP contribution in [0.1, 0.15) is 18.5 Å². The number of thiazole rings is 1. The van der Waals surface area contributed by atoms with Crippen molar-refractivity contribution in [3.05, 3.63) is 41.5 Å². The molecule has 0 bridgehead atoms. The number of benzene rings is 1. The first kappa shape index (κ1) is 17.1. The summed E-state index contributed by atoms with van der Waals surface area (Å²) in [5, 5.41) is 8.99. The molecule has 1 aromatic carbocycles. The number of hydrogen-bond acceptors (Lipinski definition) is 7. The number of amides is 1. The van der Waals surface area contributed by atoms with Crippen molar-refractivity contribution in [2.75, 3.05) is 11.9 Å². The maximum absolute atomic E-state index is 12.3. The van der Waals surface area contributed by atoms with E-state index in [4.69, 9.17) is 9.26 Å². The Morgan fingerprint density at radius 2 is 2.29 bits per heavy atom. The van der Waals surface area contributed by atoms with Gasteiger partial charge in [0.25, 0.3) is 11.8 Å². The first-order valence-corrected chi connectivity index (χ1v) is 9.86. The molecule has 5 rings (SSSR count). The van der Waals surface area contributed by atoms with E-state index in [-0.39, 0.29) is 12.0 Å². The van der Waals surface area contributed by atoms with Crippen molar-refractivity contribution in [2.24, 2.45) is 0 Å². The normalized spacial score (nSPS) is 16.7. The summed E-state index contributed by atoms with van der Waals surface area (Å²) < 4.78 is 12.9. The fourth-order valence-corrected chi connectivity index (χ4v) is 4.10. The van der Waals surface area contributed by atoms with Gasteiger partial charge in [0.15, 0.2) is 4.96 Å². The lowest BCUT2D eigenvalue weighted by Gasteiger charge is -2.10. The summed E-state index contributed by atoms with van der Waals surface area (Å²) in [6.07, 6.45) is 3.22. The van der Waals surface area contributed by atoms with E-state index in [1.54, 1.807) is 11.3 Å². The van der Waals surface area contributed by atoms with Crippen LogP contribution >= 0.6 is 11.3 Å². The smallest absolute Gasteiger partial charge is 0.258 e. The van der Waals surface area contributed by atoms with E-state index in [1.165, 1.54) is 0 Å². The summed E-state index contributed by atoms with van der Waals surface area (Å²) in [6, 6.07) is 7.34. The van der Waals surface area contributed by atoms with Crippen LogP contribution in [0.3, 0.4) is 0 Å². The molecule has 1 fully saturated rings. The van der Waals surface area contributed by atoms with Gasteiger partial charge in [0, 0.05) is 29.4 Å². The molecule has 0 aliphatic carbocycles. The Balaban J connectivity index is 1.42. The number of ether oxygens (including phenoxy) is 1. The van der Waals surface area contributed by atoms with Gasteiger partial charge in [-0.1, -0.05) is 11.2 Å². The molecule has 1 saturated heterocycles. The van der Waals surface area contributed by atoms with Gasteiger partial charge in [0.2, 0.25) is 5.82 Å². The van der Waals surface area contributed by atoms with Crippen molar-refractivity contribution in [1.82, 2.24) is 19.5 Å². The lowest BCUT2D eigenvalue weighted by Crippen LogP contribution is -2.26. The quantitative estimate of drug-likeness (QED) is 0.568. The van der Waals surface area contributed by atoms with E-state index in [0.717, 1.165) is 34.8 Å². The average Bonchev–Trinajstić information content (AvgIpc) is 3.46. The SMILES string of the molecule is Cc1nc2sccn2c1-c1noc(-c2cccc(NC(=O)C3CCCO3)c2)n1. The van der Waals surface area contributed by atoms with Gasteiger partial charge in [0.05, 0.1) is 5.69 Å². The fraction of sp³-hybridized carbons (Fsp3) is 0.263. The van der Waals surface area contributed by atoms with Gasteiger partial charge in [-0.2, -0.15) is 4.98 Å². The molecule has 1 unspecified atom stereocenters. The van der Waals surface area contributed by atoms with Crippen LogP contribution in [0.2, 0.25) is 0 Å². The number of imidazole rings is 1. The molecule has 1 amide bonds. The summed E-state index contributed by atoms with van der Waals surface area (Å²) in [6.45, 7) is 2.56. The number of carbonyl (C=O) groups is 1. The molecular formula is C19H17N5O3S. The minimum Gasteiger partial charge on any atom is -0.368 e. The minimum absolute atomic E-state index is 0.129. The lowest BCUT2D eigenvalue weighted by atomic mass is 10.2. The summed E-state index contributed by atoms with van der Waals surface area (Å²) in [5.41, 5.74) is 3.05. The number of nitrogens with one attached hydrogen (secondary N) is 1. The molecule has 3 aromatic heterocycles. The highest BCUT2D eigenvalue weighted by Gasteiger charge is 2.24. The fourth-order valence-electron chi connectivity index (χ4n) is 3.34. The van der Waals surface area contributed by atoms with E-state index in [2.05, 4.69) is 20.4 Å². The summed E-state index contributed by atoms with van der Waals surface area (Å²) >= 11 is 1.55. The maximum atomic E-state index is 12.3. The highest BCUT2D eigenvalue weighted by atomic mass is 32.1. The van der Waals surface area contributed by atoms with Crippen LogP contribution in [0.5, 0.6) is 0 Å². The number of aryl methyl sites for hydroxylation is 1.